The molecule has 1 heterocycles. The minimum atomic E-state index is -4.36. The SMILES string of the molecule is FC(F)(F)c1ccccc1CSC1=N[C@@H](c2ccccc2)[C@@H](c2ccccc2)N1. The standard InChI is InChI=1S/C23H19F3N2S/c24-23(25,26)19-14-8-7-13-18(19)15-29-22-27-20(16-9-3-1-4-10-16)21(28-22)17-11-5-2-6-12-17/h1-14,20-21H,15H2,(H,27,28)/t20-,21+. The zero-order chi connectivity index (χ0) is 20.3. The van der Waals surface area contributed by atoms with Crippen molar-refractivity contribution in [3.05, 3.63) is 107 Å². The van der Waals surface area contributed by atoms with Gasteiger partial charge in [0.15, 0.2) is 5.17 Å². The Morgan fingerprint density at radius 3 is 2.03 bits per heavy atom. The van der Waals surface area contributed by atoms with Crippen LogP contribution in [0.2, 0.25) is 0 Å². The summed E-state index contributed by atoms with van der Waals surface area (Å²) in [6.07, 6.45) is -4.36. The molecule has 0 aliphatic carbocycles. The number of thioether (sulfide) groups is 1. The minimum absolute atomic E-state index is 0.0565. The lowest BCUT2D eigenvalue weighted by Gasteiger charge is -2.19. The third-order valence-corrected chi connectivity index (χ3v) is 5.79. The number of aliphatic imine (C=N–C) groups is 1. The molecule has 0 unspecified atom stereocenters. The maximum Gasteiger partial charge on any atom is 0.416 e. The number of hydrogen-bond acceptors (Lipinski definition) is 3. The molecule has 2 nitrogen and oxygen atoms in total. The van der Waals surface area contributed by atoms with Gasteiger partial charge >= 0.3 is 6.18 Å². The molecule has 0 amide bonds. The van der Waals surface area contributed by atoms with Crippen LogP contribution >= 0.6 is 11.8 Å². The first-order valence-electron chi connectivity index (χ1n) is 9.24. The fourth-order valence-electron chi connectivity index (χ4n) is 3.44. The number of rotatable bonds is 4. The Morgan fingerprint density at radius 1 is 0.793 bits per heavy atom. The van der Waals surface area contributed by atoms with Gasteiger partial charge in [-0.25, -0.2) is 0 Å². The van der Waals surface area contributed by atoms with Crippen LogP contribution in [-0.2, 0) is 11.9 Å². The number of nitrogens with one attached hydrogen (secondary N) is 1. The highest BCUT2D eigenvalue weighted by molar-refractivity contribution is 8.13. The highest BCUT2D eigenvalue weighted by Crippen LogP contribution is 2.39. The van der Waals surface area contributed by atoms with Crippen molar-refractivity contribution in [1.29, 1.82) is 0 Å². The Hall–Kier alpha value is -2.73. The highest BCUT2D eigenvalue weighted by atomic mass is 32.2. The zero-order valence-electron chi connectivity index (χ0n) is 15.4. The number of alkyl halides is 3. The van der Waals surface area contributed by atoms with Crippen molar-refractivity contribution < 1.29 is 13.2 Å². The minimum Gasteiger partial charge on any atom is -0.356 e. The van der Waals surface area contributed by atoms with Gasteiger partial charge in [-0.2, -0.15) is 13.2 Å². The van der Waals surface area contributed by atoms with E-state index in [1.807, 2.05) is 60.7 Å². The van der Waals surface area contributed by atoms with E-state index in [9.17, 15) is 13.2 Å². The number of amidine groups is 1. The van der Waals surface area contributed by atoms with E-state index in [2.05, 4.69) is 5.32 Å². The van der Waals surface area contributed by atoms with Crippen LogP contribution in [-0.4, -0.2) is 5.17 Å². The lowest BCUT2D eigenvalue weighted by Crippen LogP contribution is -2.22. The zero-order valence-corrected chi connectivity index (χ0v) is 16.3. The summed E-state index contributed by atoms with van der Waals surface area (Å²) in [5.74, 6) is 0.199. The van der Waals surface area contributed by atoms with E-state index < -0.39 is 11.7 Å². The van der Waals surface area contributed by atoms with Crippen LogP contribution in [0.3, 0.4) is 0 Å². The molecule has 1 aliphatic heterocycles. The number of nitrogens with zero attached hydrogens (tertiary/aromatic N) is 1. The molecule has 0 saturated heterocycles. The Morgan fingerprint density at radius 2 is 1.38 bits per heavy atom. The third kappa shape index (κ3) is 4.48. The molecule has 2 atom stereocenters. The molecule has 1 aliphatic rings. The molecule has 29 heavy (non-hydrogen) atoms. The van der Waals surface area contributed by atoms with Crippen molar-refractivity contribution in [2.24, 2.45) is 4.99 Å². The predicted molar refractivity (Wildman–Crippen MR) is 112 cm³/mol. The quantitative estimate of drug-likeness (QED) is 0.538. The fraction of sp³-hybridized carbons (Fsp3) is 0.174. The predicted octanol–water partition coefficient (Wildman–Crippen LogP) is 6.38. The van der Waals surface area contributed by atoms with Crippen molar-refractivity contribution in [1.82, 2.24) is 5.32 Å². The van der Waals surface area contributed by atoms with Crippen LogP contribution in [0, 0.1) is 0 Å². The number of halogens is 3. The van der Waals surface area contributed by atoms with E-state index in [1.54, 1.807) is 6.07 Å². The van der Waals surface area contributed by atoms with E-state index in [0.29, 0.717) is 5.17 Å². The largest absolute Gasteiger partial charge is 0.416 e. The van der Waals surface area contributed by atoms with Gasteiger partial charge in [-0.1, -0.05) is 90.6 Å². The lowest BCUT2D eigenvalue weighted by atomic mass is 9.95. The summed E-state index contributed by atoms with van der Waals surface area (Å²) in [7, 11) is 0. The molecule has 1 N–H and O–H groups in total. The smallest absolute Gasteiger partial charge is 0.356 e. The Balaban J connectivity index is 1.57. The van der Waals surface area contributed by atoms with E-state index >= 15 is 0 Å². The van der Waals surface area contributed by atoms with Gasteiger partial charge in [-0.15, -0.1) is 0 Å². The highest BCUT2D eigenvalue weighted by Gasteiger charge is 2.34. The molecule has 3 aromatic carbocycles. The van der Waals surface area contributed by atoms with Crippen LogP contribution in [0.25, 0.3) is 0 Å². The Bertz CT molecular complexity index is 988. The lowest BCUT2D eigenvalue weighted by molar-refractivity contribution is -0.138. The Labute approximate surface area is 171 Å². The van der Waals surface area contributed by atoms with Crippen molar-refractivity contribution in [2.45, 2.75) is 24.0 Å². The second kappa shape index (κ2) is 8.33. The van der Waals surface area contributed by atoms with Crippen molar-refractivity contribution in [2.75, 3.05) is 0 Å². The third-order valence-electron chi connectivity index (χ3n) is 4.84. The molecular formula is C23H19F3N2S. The van der Waals surface area contributed by atoms with Crippen molar-refractivity contribution in [3.8, 4) is 0 Å². The maximum atomic E-state index is 13.3. The van der Waals surface area contributed by atoms with Gasteiger partial charge < -0.3 is 5.32 Å². The van der Waals surface area contributed by atoms with Crippen LogP contribution in [0.1, 0.15) is 34.3 Å². The van der Waals surface area contributed by atoms with E-state index in [0.717, 1.165) is 17.2 Å². The molecule has 148 valence electrons. The van der Waals surface area contributed by atoms with Gasteiger partial charge in [0.1, 0.15) is 6.04 Å². The average Bonchev–Trinajstić information content (AvgIpc) is 3.17. The summed E-state index contributed by atoms with van der Waals surface area (Å²) in [5, 5.41) is 4.07. The second-order valence-corrected chi connectivity index (χ2v) is 7.73. The van der Waals surface area contributed by atoms with Crippen LogP contribution in [0.4, 0.5) is 13.2 Å². The molecule has 0 aromatic heterocycles. The van der Waals surface area contributed by atoms with E-state index in [4.69, 9.17) is 4.99 Å². The van der Waals surface area contributed by atoms with E-state index in [1.165, 1.54) is 23.9 Å². The van der Waals surface area contributed by atoms with Crippen LogP contribution in [0.5, 0.6) is 0 Å². The van der Waals surface area contributed by atoms with Gasteiger partial charge in [0.2, 0.25) is 0 Å². The summed E-state index contributed by atoms with van der Waals surface area (Å²) in [6, 6.07) is 25.4. The molecule has 0 radical (unpaired) electrons. The topological polar surface area (TPSA) is 24.4 Å². The van der Waals surface area contributed by atoms with Gasteiger partial charge in [0.25, 0.3) is 0 Å². The average molecular weight is 412 g/mol. The molecule has 0 bridgehead atoms. The van der Waals surface area contributed by atoms with Gasteiger partial charge in [0, 0.05) is 5.75 Å². The monoisotopic (exact) mass is 412 g/mol. The summed E-state index contributed by atoms with van der Waals surface area (Å²) in [6.45, 7) is 0. The first-order chi connectivity index (χ1) is 14.0. The maximum absolute atomic E-state index is 13.3. The molecular weight excluding hydrogens is 393 g/mol. The molecule has 3 aromatic rings. The van der Waals surface area contributed by atoms with Crippen molar-refractivity contribution >= 4 is 16.9 Å². The van der Waals surface area contributed by atoms with Crippen LogP contribution in [0.15, 0.2) is 89.9 Å². The number of hydrogen-bond donors (Lipinski definition) is 1. The Kier molecular flexibility index (Phi) is 5.62. The van der Waals surface area contributed by atoms with Crippen molar-refractivity contribution in [3.63, 3.8) is 0 Å². The van der Waals surface area contributed by atoms with Gasteiger partial charge in [-0.3, -0.25) is 4.99 Å². The van der Waals surface area contributed by atoms with Crippen LogP contribution < -0.4 is 5.32 Å². The number of benzene rings is 3. The van der Waals surface area contributed by atoms with E-state index in [-0.39, 0.29) is 23.4 Å². The summed E-state index contributed by atoms with van der Waals surface area (Å²) in [4.78, 5) is 4.81. The molecule has 4 rings (SSSR count). The summed E-state index contributed by atoms with van der Waals surface area (Å²) < 4.78 is 39.8. The summed E-state index contributed by atoms with van der Waals surface area (Å²) >= 11 is 1.30. The fourth-order valence-corrected chi connectivity index (χ4v) is 4.38. The second-order valence-electron chi connectivity index (χ2n) is 6.77. The molecule has 6 heteroatoms. The molecule has 0 saturated carbocycles. The molecule has 0 fully saturated rings. The molecule has 0 spiro atoms. The normalized spacial score (nSPS) is 18.9. The van der Waals surface area contributed by atoms with Gasteiger partial charge in [0.05, 0.1) is 11.6 Å². The summed E-state index contributed by atoms with van der Waals surface area (Å²) in [5.41, 5.74) is 1.83. The first kappa shape index (κ1) is 19.6. The van der Waals surface area contributed by atoms with Gasteiger partial charge in [-0.05, 0) is 22.8 Å². The first-order valence-corrected chi connectivity index (χ1v) is 10.2.